The SMILES string of the molecule is C=S(=O)(NC(=O)[C@@H](N)CC(=O)O)c1cc(Cl)cs1.CC(=O)C(N)CC(C)C. The van der Waals surface area contributed by atoms with E-state index in [1.54, 1.807) is 5.38 Å². The van der Waals surface area contributed by atoms with E-state index >= 15 is 0 Å². The Morgan fingerprint density at radius 1 is 1.33 bits per heavy atom. The Morgan fingerprint density at radius 3 is 2.22 bits per heavy atom. The molecule has 0 saturated carbocycles. The molecule has 27 heavy (non-hydrogen) atoms. The van der Waals surface area contributed by atoms with E-state index in [0.29, 0.717) is 15.1 Å². The normalized spacial score (nSPS) is 15.1. The quantitative estimate of drug-likeness (QED) is 0.444. The summed E-state index contributed by atoms with van der Waals surface area (Å²) in [5, 5.41) is 10.4. The lowest BCUT2D eigenvalue weighted by atomic mass is 10.0. The summed E-state index contributed by atoms with van der Waals surface area (Å²) in [5.74, 6) is 1.96. The van der Waals surface area contributed by atoms with Gasteiger partial charge in [-0.2, -0.15) is 0 Å². The summed E-state index contributed by atoms with van der Waals surface area (Å²) < 4.78 is 14.5. The first kappa shape index (κ1) is 25.5. The summed E-state index contributed by atoms with van der Waals surface area (Å²) in [6.45, 7) is 5.65. The van der Waals surface area contributed by atoms with E-state index in [1.807, 2.05) is 0 Å². The molecule has 1 rings (SSSR count). The third-order valence-electron chi connectivity index (χ3n) is 3.11. The Bertz CT molecular complexity index is 762. The smallest absolute Gasteiger partial charge is 0.305 e. The fourth-order valence-corrected chi connectivity index (χ4v) is 4.36. The molecule has 1 amide bonds. The molecule has 0 aromatic carbocycles. The first-order valence-corrected chi connectivity index (χ1v) is 10.9. The molecule has 0 saturated heterocycles. The second-order valence-electron chi connectivity index (χ2n) is 6.28. The maximum absolute atomic E-state index is 12.1. The standard InChI is InChI=1S/C9H11ClN2O4S2.C7H15NO/c1-18(16,8-2-5(10)4-17-8)12-9(15)6(11)3-7(13)14;1-5(2)4-7(8)6(3)9/h2,4,6H,1,3,11H2,(H,13,14)(H,12,15,16);5,7H,4,8H2,1-3H3/t6-,18?;/m0./s1. The summed E-state index contributed by atoms with van der Waals surface area (Å²) in [7, 11) is -3.06. The molecule has 0 bridgehead atoms. The highest BCUT2D eigenvalue weighted by atomic mass is 35.5. The number of carbonyl (C=O) groups is 3. The molecule has 0 fully saturated rings. The third kappa shape index (κ3) is 10.5. The van der Waals surface area contributed by atoms with Crippen molar-refractivity contribution in [2.24, 2.45) is 17.4 Å². The van der Waals surface area contributed by atoms with Crippen LogP contribution in [0.25, 0.3) is 0 Å². The van der Waals surface area contributed by atoms with Gasteiger partial charge in [0.2, 0.25) is 5.91 Å². The van der Waals surface area contributed by atoms with Crippen LogP contribution < -0.4 is 16.2 Å². The zero-order valence-electron chi connectivity index (χ0n) is 15.4. The predicted octanol–water partition coefficient (Wildman–Crippen LogP) is 1.26. The number of carbonyl (C=O) groups excluding carboxylic acids is 2. The molecule has 0 aliphatic rings. The monoisotopic (exact) mass is 439 g/mol. The van der Waals surface area contributed by atoms with Crippen LogP contribution in [0.3, 0.4) is 0 Å². The number of rotatable bonds is 8. The molecule has 3 atom stereocenters. The number of amides is 1. The molecule has 1 aromatic rings. The Balaban J connectivity index is 0.000000636. The molecule has 1 heterocycles. The van der Waals surface area contributed by atoms with Crippen molar-refractivity contribution in [1.29, 1.82) is 0 Å². The van der Waals surface area contributed by atoms with Crippen molar-refractivity contribution < 1.29 is 23.7 Å². The largest absolute Gasteiger partial charge is 0.481 e. The van der Waals surface area contributed by atoms with Crippen LogP contribution in [0.2, 0.25) is 5.02 Å². The molecule has 154 valence electrons. The number of carboxylic acid groups (broad SMARTS) is 1. The van der Waals surface area contributed by atoms with E-state index in [4.69, 9.17) is 28.2 Å². The molecule has 0 radical (unpaired) electrons. The summed E-state index contributed by atoms with van der Waals surface area (Å²) in [6.07, 6.45) is 0.252. The zero-order valence-corrected chi connectivity index (χ0v) is 17.8. The molecule has 0 aliphatic carbocycles. The van der Waals surface area contributed by atoms with Crippen LogP contribution in [-0.2, 0) is 24.1 Å². The lowest BCUT2D eigenvalue weighted by Crippen LogP contribution is -2.44. The Morgan fingerprint density at radius 2 is 1.89 bits per heavy atom. The zero-order chi connectivity index (χ0) is 21.4. The van der Waals surface area contributed by atoms with E-state index in [9.17, 15) is 18.6 Å². The number of hydrogen-bond acceptors (Lipinski definition) is 7. The van der Waals surface area contributed by atoms with Gasteiger partial charge >= 0.3 is 5.97 Å². The first-order valence-electron chi connectivity index (χ1n) is 7.92. The minimum atomic E-state index is -3.06. The molecule has 8 nitrogen and oxygen atoms in total. The van der Waals surface area contributed by atoms with Crippen molar-refractivity contribution >= 4 is 56.2 Å². The number of hydrogen-bond donors (Lipinski definition) is 4. The van der Waals surface area contributed by atoms with Crippen molar-refractivity contribution in [1.82, 2.24) is 4.72 Å². The first-order chi connectivity index (χ1) is 12.3. The van der Waals surface area contributed by atoms with Gasteiger partial charge in [-0.1, -0.05) is 25.4 Å². The second-order valence-corrected chi connectivity index (χ2v) is 9.88. The molecular formula is C16H26ClN3O5S2. The van der Waals surface area contributed by atoms with Crippen molar-refractivity contribution in [2.75, 3.05) is 0 Å². The fraction of sp³-hybridized carbons (Fsp3) is 0.500. The summed E-state index contributed by atoms with van der Waals surface area (Å²) in [4.78, 5) is 32.5. The van der Waals surface area contributed by atoms with Crippen LogP contribution in [0.4, 0.5) is 0 Å². The minimum Gasteiger partial charge on any atom is -0.481 e. The Labute approximate surface area is 168 Å². The molecule has 0 aliphatic heterocycles. The number of halogens is 1. The summed E-state index contributed by atoms with van der Waals surface area (Å²) in [5.41, 5.74) is 10.8. The van der Waals surface area contributed by atoms with Crippen molar-refractivity contribution in [3.8, 4) is 0 Å². The highest BCUT2D eigenvalue weighted by Crippen LogP contribution is 2.23. The van der Waals surface area contributed by atoms with Crippen LogP contribution in [0.1, 0.15) is 33.6 Å². The van der Waals surface area contributed by atoms with Gasteiger partial charge in [0.25, 0.3) is 0 Å². The number of nitrogens with two attached hydrogens (primary N) is 2. The van der Waals surface area contributed by atoms with Crippen molar-refractivity contribution in [2.45, 2.75) is 49.9 Å². The minimum absolute atomic E-state index is 0.0868. The number of thiophene rings is 1. The van der Waals surface area contributed by atoms with E-state index in [2.05, 4.69) is 24.4 Å². The maximum atomic E-state index is 12.1. The van der Waals surface area contributed by atoms with Gasteiger partial charge in [-0.25, -0.2) is 4.21 Å². The molecule has 0 spiro atoms. The maximum Gasteiger partial charge on any atom is 0.305 e. The molecule has 2 unspecified atom stereocenters. The number of nitrogens with one attached hydrogen (secondary N) is 1. The van der Waals surface area contributed by atoms with Gasteiger partial charge in [-0.15, -0.1) is 11.3 Å². The Kier molecular flexibility index (Phi) is 10.8. The van der Waals surface area contributed by atoms with Crippen molar-refractivity contribution in [3.05, 3.63) is 16.5 Å². The van der Waals surface area contributed by atoms with E-state index < -0.39 is 34.0 Å². The van der Waals surface area contributed by atoms with Gasteiger partial charge in [0.05, 0.1) is 33.2 Å². The van der Waals surface area contributed by atoms with Gasteiger partial charge < -0.3 is 16.6 Å². The predicted molar refractivity (Wildman–Crippen MR) is 109 cm³/mol. The number of carboxylic acids is 1. The van der Waals surface area contributed by atoms with Crippen LogP contribution in [0, 0.1) is 5.92 Å². The average Bonchev–Trinajstić information content (AvgIpc) is 2.93. The lowest BCUT2D eigenvalue weighted by molar-refractivity contribution is -0.139. The highest BCUT2D eigenvalue weighted by molar-refractivity contribution is 8.00. The second kappa shape index (κ2) is 11.4. The number of Topliss-reactive ketones (excluding diaryl/α,β-unsaturated/α-hetero) is 1. The fourth-order valence-electron chi connectivity index (χ4n) is 1.71. The number of aliphatic carboxylic acids is 1. The van der Waals surface area contributed by atoms with Gasteiger partial charge in [0, 0.05) is 5.38 Å². The molecule has 11 heteroatoms. The van der Waals surface area contributed by atoms with Gasteiger partial charge in [-0.05, 0) is 31.2 Å². The summed E-state index contributed by atoms with van der Waals surface area (Å²) in [6, 6.07) is -0.101. The van der Waals surface area contributed by atoms with E-state index in [1.165, 1.54) is 13.0 Å². The average molecular weight is 440 g/mol. The van der Waals surface area contributed by atoms with Gasteiger partial charge in [-0.3, -0.25) is 19.1 Å². The van der Waals surface area contributed by atoms with E-state index in [0.717, 1.165) is 17.8 Å². The van der Waals surface area contributed by atoms with Crippen LogP contribution in [0.5, 0.6) is 0 Å². The number of ketones is 1. The topological polar surface area (TPSA) is 153 Å². The van der Waals surface area contributed by atoms with Gasteiger partial charge in [0.15, 0.2) is 0 Å². The van der Waals surface area contributed by atoms with E-state index in [-0.39, 0.29) is 11.8 Å². The molecule has 6 N–H and O–H groups in total. The van der Waals surface area contributed by atoms with Crippen LogP contribution >= 0.6 is 22.9 Å². The van der Waals surface area contributed by atoms with Crippen molar-refractivity contribution in [3.63, 3.8) is 0 Å². The Hall–Kier alpha value is -1.46. The van der Waals surface area contributed by atoms with Crippen LogP contribution in [0.15, 0.2) is 15.7 Å². The highest BCUT2D eigenvalue weighted by Gasteiger charge is 2.21. The molecular weight excluding hydrogens is 414 g/mol. The lowest BCUT2D eigenvalue weighted by Gasteiger charge is -2.12. The molecule has 1 aromatic heterocycles. The summed E-state index contributed by atoms with van der Waals surface area (Å²) >= 11 is 6.76. The third-order valence-corrected chi connectivity index (χ3v) is 6.58. The van der Waals surface area contributed by atoms with Gasteiger partial charge in [0.1, 0.15) is 9.99 Å². The van der Waals surface area contributed by atoms with Crippen LogP contribution in [-0.4, -0.2) is 44.9 Å².